The third-order valence-corrected chi connectivity index (χ3v) is 12.5. The smallest absolute Gasteiger partial charge is 0.407 e. The number of alkyl carbamates (subject to hydrolysis) is 2. The quantitative estimate of drug-likeness (QED) is 0.123. The van der Waals surface area contributed by atoms with Crippen LogP contribution in [-0.4, -0.2) is 119 Å². The minimum atomic E-state index is -0.937. The molecule has 5 heterocycles. The first-order chi connectivity index (χ1) is 29.4. The Bertz CT molecular complexity index is 2480. The summed E-state index contributed by atoms with van der Waals surface area (Å²) in [6.45, 7) is 6.36. The predicted octanol–water partition coefficient (Wildman–Crippen LogP) is 5.90. The number of nitrogens with one attached hydrogen (secondary N) is 4. The zero-order chi connectivity index (χ0) is 43.1. The third kappa shape index (κ3) is 7.71. The van der Waals surface area contributed by atoms with E-state index in [0.717, 1.165) is 74.8 Å². The largest absolute Gasteiger partial charge is 0.488 e. The lowest BCUT2D eigenvalue weighted by Gasteiger charge is -2.33. The van der Waals surface area contributed by atoms with Crippen LogP contribution in [0.15, 0.2) is 48.7 Å². The maximum atomic E-state index is 14.0. The van der Waals surface area contributed by atoms with Crippen molar-refractivity contribution in [3.63, 3.8) is 0 Å². The third-order valence-electron chi connectivity index (χ3n) is 12.5. The van der Waals surface area contributed by atoms with Crippen molar-refractivity contribution in [1.29, 1.82) is 0 Å². The highest BCUT2D eigenvalue weighted by Crippen LogP contribution is 2.44. The van der Waals surface area contributed by atoms with Crippen LogP contribution in [0.1, 0.15) is 75.8 Å². The second-order valence-corrected chi connectivity index (χ2v) is 16.0. The molecule has 7 atom stereocenters. The normalized spacial score (nSPS) is 20.3. The number of carbonyl (C=O) groups is 4. The molecule has 0 aliphatic carbocycles. The van der Waals surface area contributed by atoms with Gasteiger partial charge in [-0.2, -0.15) is 0 Å². The summed E-state index contributed by atoms with van der Waals surface area (Å²) in [4.78, 5) is 72.3. The van der Waals surface area contributed by atoms with Gasteiger partial charge in [0.15, 0.2) is 0 Å². The highest BCUT2D eigenvalue weighted by atomic mass is 16.5. The Labute approximate surface area is 352 Å². The molecule has 3 aliphatic rings. The van der Waals surface area contributed by atoms with Crippen molar-refractivity contribution in [2.75, 3.05) is 35.0 Å². The molecule has 0 saturated carbocycles. The molecule has 0 unspecified atom stereocenters. The van der Waals surface area contributed by atoms with Crippen molar-refractivity contribution in [1.82, 2.24) is 40.4 Å². The average Bonchev–Trinajstić information content (AvgIpc) is 4.12. The van der Waals surface area contributed by atoms with E-state index in [4.69, 9.17) is 33.7 Å². The van der Waals surface area contributed by atoms with E-state index in [2.05, 4.69) is 57.0 Å². The molecule has 0 bridgehead atoms. The van der Waals surface area contributed by atoms with Gasteiger partial charge >= 0.3 is 12.2 Å². The van der Waals surface area contributed by atoms with Gasteiger partial charge in [-0.1, -0.05) is 18.2 Å². The molecule has 3 aliphatic heterocycles. The highest BCUT2D eigenvalue weighted by molar-refractivity contribution is 6.07. The summed E-state index contributed by atoms with van der Waals surface area (Å²) in [5.74, 6) is 1.58. The molecule has 61 heavy (non-hydrogen) atoms. The molecule has 8 rings (SSSR count). The van der Waals surface area contributed by atoms with Crippen LogP contribution in [0.5, 0.6) is 5.75 Å². The zero-order valence-electron chi connectivity index (χ0n) is 35.4. The number of imidazole rings is 2. The Morgan fingerprint density at radius 2 is 1.54 bits per heavy atom. The number of hydrogen-bond donors (Lipinski definition) is 4. The van der Waals surface area contributed by atoms with E-state index in [9.17, 15) is 19.2 Å². The van der Waals surface area contributed by atoms with E-state index >= 15 is 0 Å². The number of fused-ring (bicyclic) bond motifs is 6. The number of H-pyrrole nitrogens is 2. The Hall–Kier alpha value is -6.20. The minimum Gasteiger partial charge on any atom is -0.488 e. The number of benzene rings is 3. The first-order valence-electron chi connectivity index (χ1n) is 20.6. The van der Waals surface area contributed by atoms with Gasteiger partial charge in [0.2, 0.25) is 11.8 Å². The van der Waals surface area contributed by atoms with E-state index in [1.54, 1.807) is 29.8 Å². The molecule has 3 aromatic carbocycles. The van der Waals surface area contributed by atoms with E-state index in [-0.39, 0.29) is 29.9 Å². The van der Waals surface area contributed by atoms with Crippen LogP contribution < -0.4 is 15.4 Å². The number of amides is 4. The fraction of sp³-hybridized carbons (Fsp3) is 0.455. The summed E-state index contributed by atoms with van der Waals surface area (Å²) in [6, 6.07) is 11.9. The molecule has 5 aromatic rings. The summed E-state index contributed by atoms with van der Waals surface area (Å²) in [5, 5.41) is 7.24. The van der Waals surface area contributed by atoms with Gasteiger partial charge in [-0.15, -0.1) is 0 Å². The van der Waals surface area contributed by atoms with Crippen LogP contribution in [0.3, 0.4) is 0 Å². The van der Waals surface area contributed by atoms with Crippen molar-refractivity contribution >= 4 is 45.8 Å². The van der Waals surface area contributed by atoms with Crippen LogP contribution >= 0.6 is 0 Å². The molecule has 322 valence electrons. The molecule has 2 aromatic heterocycles. The average molecular weight is 837 g/mol. The Morgan fingerprint density at radius 3 is 2.25 bits per heavy atom. The Balaban J connectivity index is 1.04. The second-order valence-electron chi connectivity index (χ2n) is 16.0. The van der Waals surface area contributed by atoms with Gasteiger partial charge in [0.25, 0.3) is 0 Å². The monoisotopic (exact) mass is 836 g/mol. The van der Waals surface area contributed by atoms with Gasteiger partial charge in [0, 0.05) is 37.8 Å². The number of methoxy groups -OCH3 is 4. The summed E-state index contributed by atoms with van der Waals surface area (Å²) in [7, 11) is 5.52. The molecule has 4 amide bonds. The van der Waals surface area contributed by atoms with Gasteiger partial charge in [0.05, 0.1) is 61.4 Å². The standard InChI is InChI=1S/C44H52N8O9/c1-22-10-15-34(52(22)42(54)37(24(3)58-5)50-44(56)60-7)40-46-31-14-12-25-18-30-28-13-11-26(17-27(28)21-61-35(30)19-29(25)38(31)48-40)32-20-45-39(47-32)33-9-8-16-51(33)41(53)36(23(2)57-4)49-43(55)59-6/h11-14,17-20,22-24,33-34,36-37H,8-10,15-16,21H2,1-7H3,(H,45,47)(H,46,48)(H,49,55)(H,50,56)/t22-,23+,24+,33-,34-,36-,37-/m0/s1. The fourth-order valence-corrected chi connectivity index (χ4v) is 8.97. The van der Waals surface area contributed by atoms with Crippen LogP contribution in [0.2, 0.25) is 0 Å². The maximum Gasteiger partial charge on any atom is 0.407 e. The van der Waals surface area contributed by atoms with Crippen molar-refractivity contribution in [2.45, 2.75) is 95.5 Å². The first-order valence-corrected chi connectivity index (χ1v) is 20.6. The van der Waals surface area contributed by atoms with Gasteiger partial charge in [0.1, 0.15) is 36.1 Å². The lowest BCUT2D eigenvalue weighted by molar-refractivity contribution is -0.139. The fourth-order valence-electron chi connectivity index (χ4n) is 8.97. The van der Waals surface area contributed by atoms with Crippen LogP contribution in [0, 0.1) is 0 Å². The predicted molar refractivity (Wildman–Crippen MR) is 225 cm³/mol. The summed E-state index contributed by atoms with van der Waals surface area (Å²) in [5.41, 5.74) is 6.44. The molecule has 2 saturated heterocycles. The van der Waals surface area contributed by atoms with E-state index in [1.165, 1.54) is 28.4 Å². The molecule has 2 fully saturated rings. The number of carbonyl (C=O) groups excluding carboxylic acids is 4. The van der Waals surface area contributed by atoms with Gasteiger partial charge in [-0.05, 0) is 92.8 Å². The molecule has 17 heteroatoms. The zero-order valence-corrected chi connectivity index (χ0v) is 35.4. The number of aromatic nitrogens is 4. The van der Waals surface area contributed by atoms with Crippen LogP contribution in [0.4, 0.5) is 9.59 Å². The number of hydrogen-bond acceptors (Lipinski definition) is 11. The lowest BCUT2D eigenvalue weighted by atomic mass is 9.92. The molecule has 0 spiro atoms. The Morgan fingerprint density at radius 1 is 0.820 bits per heavy atom. The lowest BCUT2D eigenvalue weighted by Crippen LogP contribution is -2.55. The molecular formula is C44H52N8O9. The van der Waals surface area contributed by atoms with Gasteiger partial charge in [-0.3, -0.25) is 9.59 Å². The minimum absolute atomic E-state index is 0.0837. The topological polar surface area (TPSA) is 202 Å². The summed E-state index contributed by atoms with van der Waals surface area (Å²) >= 11 is 0. The molecule has 17 nitrogen and oxygen atoms in total. The SMILES string of the molecule is COC(=O)N[C@H](C(=O)N1CCC[C@H]1c1ncc(-c2ccc3c(c2)COc2cc4c(ccc5nc([C@@H]6CC[C@H](C)N6C(=O)[C@@H](NC(=O)OC)[C@@H](C)OC)[nH]c54)cc2-3)[nH]1)[C@@H](C)OC. The first kappa shape index (κ1) is 41.5. The summed E-state index contributed by atoms with van der Waals surface area (Å²) in [6.07, 6.45) is 2.22. The van der Waals surface area contributed by atoms with Crippen LogP contribution in [-0.2, 0) is 35.1 Å². The number of rotatable bonds is 11. The molecule has 4 N–H and O–H groups in total. The van der Waals surface area contributed by atoms with Crippen molar-refractivity contribution in [2.24, 2.45) is 0 Å². The van der Waals surface area contributed by atoms with Crippen LogP contribution in [0.25, 0.3) is 44.2 Å². The summed E-state index contributed by atoms with van der Waals surface area (Å²) < 4.78 is 26.9. The van der Waals surface area contributed by atoms with Gasteiger partial charge in [-0.25, -0.2) is 19.6 Å². The number of aromatic amines is 2. The number of ether oxygens (including phenoxy) is 5. The molecular weight excluding hydrogens is 785 g/mol. The Kier molecular flexibility index (Phi) is 11.6. The van der Waals surface area contributed by atoms with E-state index < -0.39 is 36.5 Å². The van der Waals surface area contributed by atoms with Crippen molar-refractivity contribution in [3.8, 4) is 28.1 Å². The number of nitrogens with zero attached hydrogens (tertiary/aromatic N) is 4. The molecule has 0 radical (unpaired) electrons. The van der Waals surface area contributed by atoms with Crippen molar-refractivity contribution < 1.29 is 42.9 Å². The maximum absolute atomic E-state index is 14.0. The second kappa shape index (κ2) is 17.0. The van der Waals surface area contributed by atoms with E-state index in [0.29, 0.717) is 31.2 Å². The highest BCUT2D eigenvalue weighted by Gasteiger charge is 2.43. The van der Waals surface area contributed by atoms with E-state index in [1.807, 2.05) is 13.0 Å². The van der Waals surface area contributed by atoms with Crippen molar-refractivity contribution in [3.05, 3.63) is 65.9 Å². The van der Waals surface area contributed by atoms with Gasteiger partial charge < -0.3 is 54.1 Å². The number of likely N-dealkylation sites (tertiary alicyclic amines) is 2.